The molecule has 0 saturated carbocycles. The van der Waals surface area contributed by atoms with E-state index in [1.165, 1.54) is 11.8 Å². The molecule has 2 aromatic heterocycles. The molecule has 0 atom stereocenters. The number of rotatable bonds is 5. The number of fused-ring (bicyclic) bond motifs is 3. The monoisotopic (exact) mass is 427 g/mol. The summed E-state index contributed by atoms with van der Waals surface area (Å²) in [6, 6.07) is 15.6. The SMILES string of the molecule is O=C(CSc1nc2c3ccccc3ncn2n1)NCc1ccccc1Br. The van der Waals surface area contributed by atoms with Gasteiger partial charge in [0.1, 0.15) is 6.33 Å². The van der Waals surface area contributed by atoms with Crippen molar-refractivity contribution >= 4 is 50.1 Å². The lowest BCUT2D eigenvalue weighted by atomic mass is 10.2. The first kappa shape index (κ1) is 17.0. The molecule has 4 aromatic rings. The molecule has 2 aromatic carbocycles. The molecule has 0 unspecified atom stereocenters. The van der Waals surface area contributed by atoms with Crippen LogP contribution in [-0.4, -0.2) is 31.2 Å². The van der Waals surface area contributed by atoms with Gasteiger partial charge in [0.05, 0.1) is 11.3 Å². The van der Waals surface area contributed by atoms with Gasteiger partial charge in [-0.1, -0.05) is 58.0 Å². The zero-order valence-electron chi connectivity index (χ0n) is 13.6. The van der Waals surface area contributed by atoms with Gasteiger partial charge in [-0.2, -0.15) is 0 Å². The highest BCUT2D eigenvalue weighted by Crippen LogP contribution is 2.20. The van der Waals surface area contributed by atoms with Crippen molar-refractivity contribution in [2.75, 3.05) is 5.75 Å². The summed E-state index contributed by atoms with van der Waals surface area (Å²) in [6.07, 6.45) is 1.64. The molecule has 0 aliphatic carbocycles. The molecule has 130 valence electrons. The summed E-state index contributed by atoms with van der Waals surface area (Å²) in [4.78, 5) is 21.0. The number of hydrogen-bond acceptors (Lipinski definition) is 5. The van der Waals surface area contributed by atoms with Crippen LogP contribution in [-0.2, 0) is 11.3 Å². The molecular formula is C18H14BrN5OS. The maximum atomic E-state index is 12.1. The van der Waals surface area contributed by atoms with E-state index in [2.05, 4.69) is 36.3 Å². The molecular weight excluding hydrogens is 414 g/mol. The van der Waals surface area contributed by atoms with E-state index in [1.807, 2.05) is 48.5 Å². The smallest absolute Gasteiger partial charge is 0.230 e. The van der Waals surface area contributed by atoms with Gasteiger partial charge >= 0.3 is 0 Å². The molecule has 8 heteroatoms. The summed E-state index contributed by atoms with van der Waals surface area (Å²) in [6.45, 7) is 0.480. The Kier molecular flexibility index (Phi) is 4.85. The molecule has 1 amide bonds. The van der Waals surface area contributed by atoms with E-state index < -0.39 is 0 Å². The number of nitrogens with zero attached hydrogens (tertiary/aromatic N) is 4. The fraction of sp³-hybridized carbons (Fsp3) is 0.111. The van der Waals surface area contributed by atoms with Crippen LogP contribution in [0.25, 0.3) is 16.6 Å². The quantitative estimate of drug-likeness (QED) is 0.493. The summed E-state index contributed by atoms with van der Waals surface area (Å²) < 4.78 is 2.62. The normalized spacial score (nSPS) is 11.1. The van der Waals surface area contributed by atoms with E-state index in [-0.39, 0.29) is 11.7 Å². The zero-order valence-corrected chi connectivity index (χ0v) is 16.0. The van der Waals surface area contributed by atoms with Crippen molar-refractivity contribution in [2.45, 2.75) is 11.7 Å². The van der Waals surface area contributed by atoms with Crippen molar-refractivity contribution in [1.29, 1.82) is 0 Å². The number of para-hydroxylation sites is 1. The number of nitrogens with one attached hydrogen (secondary N) is 1. The van der Waals surface area contributed by atoms with Gasteiger partial charge < -0.3 is 5.32 Å². The summed E-state index contributed by atoms with van der Waals surface area (Å²) in [5.41, 5.74) is 2.65. The second kappa shape index (κ2) is 7.43. The van der Waals surface area contributed by atoms with Crippen molar-refractivity contribution in [2.24, 2.45) is 0 Å². The molecule has 26 heavy (non-hydrogen) atoms. The minimum absolute atomic E-state index is 0.0624. The highest BCUT2D eigenvalue weighted by Gasteiger charge is 2.11. The second-order valence-corrected chi connectivity index (χ2v) is 7.38. The number of carbonyl (C=O) groups excluding carboxylic acids is 1. The Hall–Kier alpha value is -2.45. The van der Waals surface area contributed by atoms with Crippen molar-refractivity contribution < 1.29 is 4.79 Å². The van der Waals surface area contributed by atoms with E-state index in [4.69, 9.17) is 0 Å². The van der Waals surface area contributed by atoms with Gasteiger partial charge in [-0.3, -0.25) is 4.79 Å². The number of amides is 1. The van der Waals surface area contributed by atoms with E-state index in [1.54, 1.807) is 10.8 Å². The van der Waals surface area contributed by atoms with Gasteiger partial charge in [0.2, 0.25) is 11.1 Å². The topological polar surface area (TPSA) is 72.2 Å². The number of thioether (sulfide) groups is 1. The van der Waals surface area contributed by atoms with Crippen LogP contribution < -0.4 is 5.32 Å². The maximum Gasteiger partial charge on any atom is 0.230 e. The minimum atomic E-state index is -0.0624. The predicted molar refractivity (Wildman–Crippen MR) is 105 cm³/mol. The summed E-state index contributed by atoms with van der Waals surface area (Å²) >= 11 is 4.78. The number of benzene rings is 2. The lowest BCUT2D eigenvalue weighted by Gasteiger charge is -2.06. The fourth-order valence-electron chi connectivity index (χ4n) is 2.54. The number of carbonyl (C=O) groups is 1. The molecule has 2 heterocycles. The van der Waals surface area contributed by atoms with Crippen LogP contribution in [0.4, 0.5) is 0 Å². The molecule has 1 N–H and O–H groups in total. The summed E-state index contributed by atoms with van der Waals surface area (Å²) in [5.74, 6) is 0.194. The third kappa shape index (κ3) is 3.56. The Labute approximate surface area is 162 Å². The van der Waals surface area contributed by atoms with Crippen LogP contribution in [0.15, 0.2) is 64.5 Å². The molecule has 0 bridgehead atoms. The second-order valence-electron chi connectivity index (χ2n) is 5.58. The average Bonchev–Trinajstić information content (AvgIpc) is 3.09. The predicted octanol–water partition coefficient (Wildman–Crippen LogP) is 3.45. The molecule has 0 aliphatic rings. The average molecular weight is 428 g/mol. The van der Waals surface area contributed by atoms with Gasteiger partial charge in [0, 0.05) is 16.4 Å². The van der Waals surface area contributed by atoms with Crippen molar-refractivity contribution in [1.82, 2.24) is 24.9 Å². The Morgan fingerprint density at radius 2 is 1.96 bits per heavy atom. The highest BCUT2D eigenvalue weighted by atomic mass is 79.9. The Bertz CT molecular complexity index is 1100. The van der Waals surface area contributed by atoms with E-state index in [0.29, 0.717) is 11.7 Å². The van der Waals surface area contributed by atoms with Crippen LogP contribution in [0, 0.1) is 0 Å². The third-order valence-corrected chi connectivity index (χ3v) is 5.44. The Morgan fingerprint density at radius 1 is 1.15 bits per heavy atom. The third-order valence-electron chi connectivity index (χ3n) is 3.83. The van der Waals surface area contributed by atoms with Gasteiger partial charge in [0.15, 0.2) is 5.65 Å². The van der Waals surface area contributed by atoms with E-state index in [0.717, 1.165) is 26.6 Å². The largest absolute Gasteiger partial charge is 0.351 e. The molecule has 0 fully saturated rings. The molecule has 0 spiro atoms. The molecule has 0 aliphatic heterocycles. The standard InChI is InChI=1S/C18H14BrN5OS/c19-14-7-3-1-5-12(14)9-20-16(25)10-26-18-22-17-13-6-2-4-8-15(13)21-11-24(17)23-18/h1-8,11H,9-10H2,(H,20,25). The van der Waals surface area contributed by atoms with Crippen LogP contribution in [0.1, 0.15) is 5.56 Å². The van der Waals surface area contributed by atoms with Crippen molar-refractivity contribution in [3.8, 4) is 0 Å². The Morgan fingerprint density at radius 3 is 2.85 bits per heavy atom. The molecule has 0 radical (unpaired) electrons. The lowest BCUT2D eigenvalue weighted by molar-refractivity contribution is -0.118. The van der Waals surface area contributed by atoms with Crippen LogP contribution in [0.5, 0.6) is 0 Å². The molecule has 6 nitrogen and oxygen atoms in total. The van der Waals surface area contributed by atoms with Crippen molar-refractivity contribution in [3.05, 3.63) is 64.9 Å². The summed E-state index contributed by atoms with van der Waals surface area (Å²) in [5, 5.41) is 8.79. The fourth-order valence-corrected chi connectivity index (χ4v) is 3.62. The molecule has 0 saturated heterocycles. The van der Waals surface area contributed by atoms with E-state index in [9.17, 15) is 4.79 Å². The highest BCUT2D eigenvalue weighted by molar-refractivity contribution is 9.10. The Balaban J connectivity index is 1.42. The number of halogens is 1. The van der Waals surface area contributed by atoms with Gasteiger partial charge in [-0.15, -0.1) is 5.10 Å². The summed E-state index contributed by atoms with van der Waals surface area (Å²) in [7, 11) is 0. The van der Waals surface area contributed by atoms with Gasteiger partial charge in [-0.25, -0.2) is 14.5 Å². The number of aromatic nitrogens is 4. The molecule has 4 rings (SSSR count). The zero-order chi connectivity index (χ0) is 17.9. The van der Waals surface area contributed by atoms with Crippen molar-refractivity contribution in [3.63, 3.8) is 0 Å². The van der Waals surface area contributed by atoms with Crippen LogP contribution in [0.3, 0.4) is 0 Å². The van der Waals surface area contributed by atoms with E-state index >= 15 is 0 Å². The maximum absolute atomic E-state index is 12.1. The first-order valence-electron chi connectivity index (χ1n) is 7.94. The lowest BCUT2D eigenvalue weighted by Crippen LogP contribution is -2.24. The van der Waals surface area contributed by atoms with Gasteiger partial charge in [0.25, 0.3) is 0 Å². The van der Waals surface area contributed by atoms with Crippen LogP contribution in [0.2, 0.25) is 0 Å². The first-order valence-corrected chi connectivity index (χ1v) is 9.71. The minimum Gasteiger partial charge on any atom is -0.351 e. The van der Waals surface area contributed by atoms with Crippen LogP contribution >= 0.6 is 27.7 Å². The number of hydrogen-bond donors (Lipinski definition) is 1. The first-order chi connectivity index (χ1) is 12.7. The van der Waals surface area contributed by atoms with Gasteiger partial charge in [-0.05, 0) is 23.8 Å².